The predicted molar refractivity (Wildman–Crippen MR) is 107 cm³/mol. The van der Waals surface area contributed by atoms with E-state index >= 15 is 0 Å². The highest BCUT2D eigenvalue weighted by Gasteiger charge is 2.08. The maximum Gasteiger partial charge on any atom is 0.257 e. The molecule has 2 N–H and O–H groups in total. The number of halogens is 1. The van der Waals surface area contributed by atoms with Crippen molar-refractivity contribution in [3.05, 3.63) is 88.2 Å². The average Bonchev–Trinajstić information content (AvgIpc) is 2.63. The number of aryl methyl sites for hydroxylation is 2. The highest BCUT2D eigenvalue weighted by atomic mass is 35.5. The van der Waals surface area contributed by atoms with Crippen LogP contribution in [0.5, 0.6) is 0 Å². The standard InChI is InChI=1S/C21H20ClN3O/c1-14-4-3-5-16(8-14)11-24-19-9-17(12-23-13-19)21(26)25-18-7-6-15(2)20(22)10-18/h3-10,12-13,24H,11H2,1-2H3,(H,25,26). The van der Waals surface area contributed by atoms with Crippen LogP contribution in [-0.2, 0) is 6.54 Å². The van der Waals surface area contributed by atoms with E-state index in [9.17, 15) is 4.79 Å². The fraction of sp³-hybridized carbons (Fsp3) is 0.143. The number of amides is 1. The summed E-state index contributed by atoms with van der Waals surface area (Å²) in [6, 6.07) is 15.5. The zero-order valence-electron chi connectivity index (χ0n) is 14.7. The summed E-state index contributed by atoms with van der Waals surface area (Å²) < 4.78 is 0. The highest BCUT2D eigenvalue weighted by molar-refractivity contribution is 6.31. The SMILES string of the molecule is Cc1cccc(CNc2cncc(C(=O)Nc3ccc(C)c(Cl)c3)c2)c1. The van der Waals surface area contributed by atoms with Gasteiger partial charge in [-0.1, -0.05) is 47.5 Å². The molecular weight excluding hydrogens is 346 g/mol. The molecule has 0 aliphatic rings. The van der Waals surface area contributed by atoms with Gasteiger partial charge >= 0.3 is 0 Å². The predicted octanol–water partition coefficient (Wildman–Crippen LogP) is 5.22. The average molecular weight is 366 g/mol. The smallest absolute Gasteiger partial charge is 0.257 e. The van der Waals surface area contributed by atoms with Crippen LogP contribution in [0.25, 0.3) is 0 Å². The molecule has 26 heavy (non-hydrogen) atoms. The lowest BCUT2D eigenvalue weighted by Crippen LogP contribution is -2.13. The van der Waals surface area contributed by atoms with Crippen molar-refractivity contribution in [1.29, 1.82) is 0 Å². The largest absolute Gasteiger partial charge is 0.380 e. The summed E-state index contributed by atoms with van der Waals surface area (Å²) in [5.74, 6) is -0.225. The number of pyridine rings is 1. The van der Waals surface area contributed by atoms with E-state index in [0.29, 0.717) is 22.8 Å². The van der Waals surface area contributed by atoms with E-state index in [1.807, 2.05) is 25.1 Å². The third kappa shape index (κ3) is 4.61. The molecular formula is C21H20ClN3O. The van der Waals surface area contributed by atoms with Crippen molar-refractivity contribution in [3.63, 3.8) is 0 Å². The normalized spacial score (nSPS) is 10.4. The second-order valence-electron chi connectivity index (χ2n) is 6.22. The second kappa shape index (κ2) is 8.02. The molecule has 0 saturated carbocycles. The maximum absolute atomic E-state index is 12.5. The molecule has 0 radical (unpaired) electrons. The molecule has 0 fully saturated rings. The van der Waals surface area contributed by atoms with Gasteiger partial charge < -0.3 is 10.6 Å². The molecule has 2 aromatic carbocycles. The van der Waals surface area contributed by atoms with Crippen molar-refractivity contribution in [2.45, 2.75) is 20.4 Å². The van der Waals surface area contributed by atoms with Gasteiger partial charge in [0.2, 0.25) is 0 Å². The first-order valence-electron chi connectivity index (χ1n) is 8.33. The van der Waals surface area contributed by atoms with E-state index < -0.39 is 0 Å². The van der Waals surface area contributed by atoms with E-state index in [2.05, 4.69) is 40.7 Å². The lowest BCUT2D eigenvalue weighted by atomic mass is 10.1. The first-order chi connectivity index (χ1) is 12.5. The highest BCUT2D eigenvalue weighted by Crippen LogP contribution is 2.21. The third-order valence-corrected chi connectivity index (χ3v) is 4.42. The summed E-state index contributed by atoms with van der Waals surface area (Å²) in [5.41, 5.74) is 5.29. The van der Waals surface area contributed by atoms with E-state index in [1.165, 1.54) is 11.1 Å². The molecule has 4 nitrogen and oxygen atoms in total. The van der Waals surface area contributed by atoms with Crippen LogP contribution < -0.4 is 10.6 Å². The van der Waals surface area contributed by atoms with Gasteiger partial charge in [0.1, 0.15) is 0 Å². The van der Waals surface area contributed by atoms with E-state index in [1.54, 1.807) is 24.5 Å². The van der Waals surface area contributed by atoms with Crippen molar-refractivity contribution >= 4 is 28.9 Å². The van der Waals surface area contributed by atoms with Gasteiger partial charge in [-0.3, -0.25) is 9.78 Å². The van der Waals surface area contributed by atoms with Crippen molar-refractivity contribution in [3.8, 4) is 0 Å². The molecule has 3 rings (SSSR count). The van der Waals surface area contributed by atoms with Crippen molar-refractivity contribution in [1.82, 2.24) is 4.98 Å². The fourth-order valence-electron chi connectivity index (χ4n) is 2.56. The Morgan fingerprint density at radius 3 is 2.65 bits per heavy atom. The topological polar surface area (TPSA) is 54.0 Å². The number of benzene rings is 2. The van der Waals surface area contributed by atoms with Gasteiger partial charge in [0.15, 0.2) is 0 Å². The molecule has 132 valence electrons. The lowest BCUT2D eigenvalue weighted by Gasteiger charge is -2.10. The molecule has 0 aliphatic carbocycles. The Bertz CT molecular complexity index is 940. The molecule has 0 spiro atoms. The van der Waals surface area contributed by atoms with Crippen LogP contribution in [0.1, 0.15) is 27.0 Å². The maximum atomic E-state index is 12.5. The van der Waals surface area contributed by atoms with Crippen LogP contribution in [0, 0.1) is 13.8 Å². The number of nitrogens with zero attached hydrogens (tertiary/aromatic N) is 1. The molecule has 0 unspecified atom stereocenters. The monoisotopic (exact) mass is 365 g/mol. The van der Waals surface area contributed by atoms with Crippen molar-refractivity contribution in [2.24, 2.45) is 0 Å². The van der Waals surface area contributed by atoms with E-state index in [0.717, 1.165) is 11.3 Å². The van der Waals surface area contributed by atoms with Crippen LogP contribution >= 0.6 is 11.6 Å². The Balaban J connectivity index is 1.67. The van der Waals surface area contributed by atoms with Gasteiger partial charge in [-0.25, -0.2) is 0 Å². The lowest BCUT2D eigenvalue weighted by molar-refractivity contribution is 0.102. The zero-order chi connectivity index (χ0) is 18.5. The molecule has 0 saturated heterocycles. The Morgan fingerprint density at radius 2 is 1.88 bits per heavy atom. The summed E-state index contributed by atoms with van der Waals surface area (Å²) in [6.07, 6.45) is 3.25. The van der Waals surface area contributed by atoms with Crippen LogP contribution in [0.2, 0.25) is 5.02 Å². The molecule has 5 heteroatoms. The van der Waals surface area contributed by atoms with E-state index in [-0.39, 0.29) is 5.91 Å². The number of carbonyl (C=O) groups is 1. The van der Waals surface area contributed by atoms with Gasteiger partial charge in [0.05, 0.1) is 11.3 Å². The summed E-state index contributed by atoms with van der Waals surface area (Å²) in [4.78, 5) is 16.6. The number of nitrogens with one attached hydrogen (secondary N) is 2. The number of anilines is 2. The minimum atomic E-state index is -0.225. The Hall–Kier alpha value is -2.85. The Morgan fingerprint density at radius 1 is 1.04 bits per heavy atom. The number of hydrogen-bond donors (Lipinski definition) is 2. The Kier molecular flexibility index (Phi) is 5.54. The van der Waals surface area contributed by atoms with Crippen molar-refractivity contribution in [2.75, 3.05) is 10.6 Å². The molecule has 0 bridgehead atoms. The first kappa shape index (κ1) is 18.0. The summed E-state index contributed by atoms with van der Waals surface area (Å²) >= 11 is 6.11. The third-order valence-electron chi connectivity index (χ3n) is 4.01. The first-order valence-corrected chi connectivity index (χ1v) is 8.71. The zero-order valence-corrected chi connectivity index (χ0v) is 15.5. The minimum absolute atomic E-state index is 0.225. The summed E-state index contributed by atoms with van der Waals surface area (Å²) in [7, 11) is 0. The van der Waals surface area contributed by atoms with E-state index in [4.69, 9.17) is 11.6 Å². The molecule has 1 amide bonds. The molecule has 1 aromatic heterocycles. The van der Waals surface area contributed by atoms with Crippen LogP contribution in [0.3, 0.4) is 0 Å². The fourth-order valence-corrected chi connectivity index (χ4v) is 2.74. The molecule has 1 heterocycles. The van der Waals surface area contributed by atoms with Crippen LogP contribution in [0.4, 0.5) is 11.4 Å². The van der Waals surface area contributed by atoms with Gasteiger partial charge in [0.25, 0.3) is 5.91 Å². The van der Waals surface area contributed by atoms with Gasteiger partial charge in [-0.05, 0) is 43.2 Å². The number of carbonyl (C=O) groups excluding carboxylic acids is 1. The van der Waals surface area contributed by atoms with Gasteiger partial charge in [0, 0.05) is 29.6 Å². The summed E-state index contributed by atoms with van der Waals surface area (Å²) in [5, 5.41) is 6.76. The quantitative estimate of drug-likeness (QED) is 0.652. The molecule has 0 aliphatic heterocycles. The van der Waals surface area contributed by atoms with Crippen molar-refractivity contribution < 1.29 is 4.79 Å². The Labute approximate surface area is 158 Å². The number of aromatic nitrogens is 1. The van der Waals surface area contributed by atoms with Crippen LogP contribution in [0.15, 0.2) is 60.9 Å². The second-order valence-corrected chi connectivity index (χ2v) is 6.63. The molecule has 3 aromatic rings. The molecule has 0 atom stereocenters. The van der Waals surface area contributed by atoms with Gasteiger partial charge in [-0.15, -0.1) is 0 Å². The number of rotatable bonds is 5. The summed E-state index contributed by atoms with van der Waals surface area (Å²) in [6.45, 7) is 4.65. The van der Waals surface area contributed by atoms with Gasteiger partial charge in [-0.2, -0.15) is 0 Å². The minimum Gasteiger partial charge on any atom is -0.380 e. The van der Waals surface area contributed by atoms with Crippen LogP contribution in [-0.4, -0.2) is 10.9 Å². The number of hydrogen-bond acceptors (Lipinski definition) is 3.